The summed E-state index contributed by atoms with van der Waals surface area (Å²) in [6.07, 6.45) is 0. The lowest BCUT2D eigenvalue weighted by Crippen LogP contribution is -2.32. The number of aliphatic hydroxyl groups excluding tert-OH is 2. The highest BCUT2D eigenvalue weighted by Gasteiger charge is 1.89. The lowest BCUT2D eigenvalue weighted by Gasteiger charge is -2.02. The fourth-order valence-electron chi connectivity index (χ4n) is 0.339. The summed E-state index contributed by atoms with van der Waals surface area (Å²) in [5.41, 5.74) is 0. The van der Waals surface area contributed by atoms with E-state index in [1.54, 1.807) is 0 Å². The zero-order valence-corrected chi connectivity index (χ0v) is 6.76. The summed E-state index contributed by atoms with van der Waals surface area (Å²) in [7, 11) is 0. The van der Waals surface area contributed by atoms with E-state index in [-0.39, 0.29) is 10.3 Å². The molecule has 0 aliphatic carbocycles. The highest BCUT2D eigenvalue weighted by atomic mass is 32.1. The average molecular weight is 180 g/mol. The molecule has 0 fully saturated rings. The second-order valence-corrected chi connectivity index (χ2v) is 2.24. The number of thiocarbonyl (C=S) groups is 2. The molecular weight excluding hydrogens is 172 g/mol. The van der Waals surface area contributed by atoms with Crippen molar-refractivity contribution in [1.29, 1.82) is 0 Å². The summed E-state index contributed by atoms with van der Waals surface area (Å²) in [5.74, 6) is 0. The van der Waals surface area contributed by atoms with Crippen LogP contribution in [-0.4, -0.2) is 33.7 Å². The molecule has 0 saturated carbocycles. The van der Waals surface area contributed by atoms with Gasteiger partial charge in [0, 0.05) is 13.1 Å². The zero-order valence-electron chi connectivity index (χ0n) is 5.13. The van der Waals surface area contributed by atoms with Crippen LogP contribution in [0.1, 0.15) is 0 Å². The lowest BCUT2D eigenvalue weighted by molar-refractivity contribution is 0.515. The van der Waals surface area contributed by atoms with Gasteiger partial charge in [-0.15, -0.1) is 0 Å². The monoisotopic (exact) mass is 180 g/mol. The summed E-state index contributed by atoms with van der Waals surface area (Å²) >= 11 is 8.59. The number of hydrogen-bond donors (Lipinski definition) is 4. The molecule has 0 radical (unpaired) electrons. The lowest BCUT2D eigenvalue weighted by atomic mass is 10.6. The first kappa shape index (κ1) is 9.38. The highest BCUT2D eigenvalue weighted by molar-refractivity contribution is 7.80. The van der Waals surface area contributed by atoms with Crippen LogP contribution in [0.2, 0.25) is 0 Å². The van der Waals surface area contributed by atoms with E-state index in [1.807, 2.05) is 0 Å². The molecule has 0 aliphatic rings. The van der Waals surface area contributed by atoms with E-state index in [1.165, 1.54) is 0 Å². The van der Waals surface area contributed by atoms with Crippen molar-refractivity contribution in [3.63, 3.8) is 0 Å². The third-order valence-corrected chi connectivity index (χ3v) is 0.966. The Kier molecular flexibility index (Phi) is 4.87. The van der Waals surface area contributed by atoms with Crippen LogP contribution >= 0.6 is 24.4 Å². The molecule has 0 saturated heterocycles. The van der Waals surface area contributed by atoms with Crippen LogP contribution in [-0.2, 0) is 0 Å². The second kappa shape index (κ2) is 5.19. The Labute approximate surface area is 69.2 Å². The summed E-state index contributed by atoms with van der Waals surface area (Å²) in [6, 6.07) is 0. The van der Waals surface area contributed by atoms with Crippen molar-refractivity contribution in [3.05, 3.63) is 0 Å². The molecule has 0 atom stereocenters. The van der Waals surface area contributed by atoms with E-state index < -0.39 is 0 Å². The minimum atomic E-state index is -0.259. The summed E-state index contributed by atoms with van der Waals surface area (Å²) < 4.78 is 0. The van der Waals surface area contributed by atoms with Gasteiger partial charge in [-0.05, 0) is 24.4 Å². The number of nitrogens with one attached hydrogen (secondary N) is 2. The fraction of sp³-hybridized carbons (Fsp3) is 0.500. The van der Waals surface area contributed by atoms with Gasteiger partial charge in [-0.3, -0.25) is 0 Å². The van der Waals surface area contributed by atoms with Crippen molar-refractivity contribution >= 4 is 34.8 Å². The number of rotatable bonds is 3. The molecule has 58 valence electrons. The van der Waals surface area contributed by atoms with Gasteiger partial charge in [0.1, 0.15) is 0 Å². The Balaban J connectivity index is 3.06. The predicted molar refractivity (Wildman–Crippen MR) is 46.5 cm³/mol. The smallest absolute Gasteiger partial charge is 0.254 e. The molecule has 0 rings (SSSR count). The molecule has 0 aromatic rings. The van der Waals surface area contributed by atoms with Crippen molar-refractivity contribution < 1.29 is 10.2 Å². The maximum absolute atomic E-state index is 8.41. The van der Waals surface area contributed by atoms with Crippen molar-refractivity contribution in [3.8, 4) is 0 Å². The van der Waals surface area contributed by atoms with Crippen LogP contribution in [0.5, 0.6) is 0 Å². The molecular formula is C4H8N2O2S2. The standard InChI is InChI=1S/C4H8N2O2S2/c7-3(9)5-1-2-6-4(8)10/h1-2H2,(H2,5,7,9)(H2,6,8,10). The Bertz CT molecular complexity index is 123. The van der Waals surface area contributed by atoms with E-state index in [0.717, 1.165) is 0 Å². The molecule has 10 heavy (non-hydrogen) atoms. The molecule has 0 aliphatic heterocycles. The summed E-state index contributed by atoms with van der Waals surface area (Å²) in [4.78, 5) is 0. The Morgan fingerprint density at radius 3 is 1.50 bits per heavy atom. The van der Waals surface area contributed by atoms with Gasteiger partial charge in [-0.1, -0.05) is 0 Å². The topological polar surface area (TPSA) is 64.5 Å². The average Bonchev–Trinajstić information content (AvgIpc) is 1.79. The van der Waals surface area contributed by atoms with E-state index in [0.29, 0.717) is 13.1 Å². The first-order valence-electron chi connectivity index (χ1n) is 2.56. The second-order valence-electron chi connectivity index (χ2n) is 1.46. The normalized spacial score (nSPS) is 8.40. The predicted octanol–water partition coefficient (Wildman–Crippen LogP) is -0.149. The van der Waals surface area contributed by atoms with Crippen LogP contribution in [0.3, 0.4) is 0 Å². The number of hydrogen-bond acceptors (Lipinski definition) is 2. The zero-order chi connectivity index (χ0) is 7.98. The molecule has 0 spiro atoms. The van der Waals surface area contributed by atoms with Gasteiger partial charge in [0.25, 0.3) is 10.3 Å². The SMILES string of the molecule is OC(=S)NCCNC(O)=S. The maximum atomic E-state index is 8.41. The van der Waals surface area contributed by atoms with Crippen molar-refractivity contribution in [2.45, 2.75) is 0 Å². The van der Waals surface area contributed by atoms with E-state index in [4.69, 9.17) is 10.2 Å². The quantitative estimate of drug-likeness (QED) is 0.358. The van der Waals surface area contributed by atoms with Gasteiger partial charge in [0.15, 0.2) is 0 Å². The van der Waals surface area contributed by atoms with Crippen molar-refractivity contribution in [2.24, 2.45) is 0 Å². The largest absolute Gasteiger partial charge is 0.487 e. The first-order valence-corrected chi connectivity index (χ1v) is 3.38. The minimum absolute atomic E-state index is 0.259. The van der Waals surface area contributed by atoms with Crippen LogP contribution < -0.4 is 10.6 Å². The third-order valence-electron chi connectivity index (χ3n) is 0.677. The van der Waals surface area contributed by atoms with Crippen LogP contribution in [0.15, 0.2) is 0 Å². The Morgan fingerprint density at radius 1 is 1.00 bits per heavy atom. The van der Waals surface area contributed by atoms with Gasteiger partial charge in [0.2, 0.25) is 0 Å². The molecule has 0 unspecified atom stereocenters. The van der Waals surface area contributed by atoms with Crippen LogP contribution in [0.4, 0.5) is 0 Å². The highest BCUT2D eigenvalue weighted by Crippen LogP contribution is 1.64. The first-order chi connectivity index (χ1) is 4.63. The molecule has 0 aromatic carbocycles. The van der Waals surface area contributed by atoms with Gasteiger partial charge in [0.05, 0.1) is 0 Å². The van der Waals surface area contributed by atoms with Crippen LogP contribution in [0.25, 0.3) is 0 Å². The van der Waals surface area contributed by atoms with E-state index in [2.05, 4.69) is 35.1 Å². The van der Waals surface area contributed by atoms with Gasteiger partial charge in [-0.25, -0.2) is 0 Å². The summed E-state index contributed by atoms with van der Waals surface area (Å²) in [6.45, 7) is 0.853. The van der Waals surface area contributed by atoms with E-state index in [9.17, 15) is 0 Å². The molecule has 6 heteroatoms. The molecule has 0 amide bonds. The molecule has 4 nitrogen and oxygen atoms in total. The van der Waals surface area contributed by atoms with Crippen LogP contribution in [0, 0.1) is 0 Å². The molecule has 0 heterocycles. The number of aliphatic hydroxyl groups is 2. The van der Waals surface area contributed by atoms with Gasteiger partial charge >= 0.3 is 0 Å². The van der Waals surface area contributed by atoms with Gasteiger partial charge < -0.3 is 20.8 Å². The minimum Gasteiger partial charge on any atom is -0.487 e. The molecule has 0 aromatic heterocycles. The van der Waals surface area contributed by atoms with Crippen molar-refractivity contribution in [2.75, 3.05) is 13.1 Å². The van der Waals surface area contributed by atoms with Gasteiger partial charge in [-0.2, -0.15) is 0 Å². The molecule has 4 N–H and O–H groups in total. The maximum Gasteiger partial charge on any atom is 0.254 e. The summed E-state index contributed by atoms with van der Waals surface area (Å²) in [5, 5.41) is 21.2. The Hall–Kier alpha value is -0.620. The Morgan fingerprint density at radius 2 is 1.30 bits per heavy atom. The van der Waals surface area contributed by atoms with E-state index >= 15 is 0 Å². The third kappa shape index (κ3) is 7.38. The van der Waals surface area contributed by atoms with Crippen molar-refractivity contribution in [1.82, 2.24) is 10.6 Å². The fourth-order valence-corrected chi connectivity index (χ4v) is 0.543. The molecule has 0 bridgehead atoms.